The molecule has 1 saturated heterocycles. The summed E-state index contributed by atoms with van der Waals surface area (Å²) in [5.41, 5.74) is 4.44. The predicted octanol–water partition coefficient (Wildman–Crippen LogP) is 7.39. The molecule has 1 aliphatic heterocycles. The van der Waals surface area contributed by atoms with Crippen molar-refractivity contribution in [2.24, 2.45) is 9.98 Å². The molecule has 0 aromatic heterocycles. The standard InChI is InChI=1S/C28H29F2N3/c1-20-7-3-4-9-26(20)27(31-24-14-10-22(29)11-15-24)19-28(33-18-6-5-8-21(33)2)32-25-16-12-23(30)13-17-25/h3-4,7,9-17,21H,5-6,8,18-19H2,1-2H3. The first-order valence-corrected chi connectivity index (χ1v) is 11.5. The summed E-state index contributed by atoms with van der Waals surface area (Å²) in [6, 6.07) is 21.0. The highest BCUT2D eigenvalue weighted by atomic mass is 19.1. The van der Waals surface area contributed by atoms with E-state index in [1.807, 2.05) is 12.1 Å². The molecule has 33 heavy (non-hydrogen) atoms. The summed E-state index contributed by atoms with van der Waals surface area (Å²) in [6.45, 7) is 5.22. The number of halogens is 2. The zero-order chi connectivity index (χ0) is 23.2. The summed E-state index contributed by atoms with van der Waals surface area (Å²) in [6.07, 6.45) is 3.94. The van der Waals surface area contributed by atoms with E-state index in [1.54, 1.807) is 24.3 Å². The molecule has 1 heterocycles. The Morgan fingerprint density at radius 3 is 2.06 bits per heavy atom. The predicted molar refractivity (Wildman–Crippen MR) is 132 cm³/mol. The van der Waals surface area contributed by atoms with Crippen molar-refractivity contribution in [2.45, 2.75) is 45.6 Å². The fourth-order valence-electron chi connectivity index (χ4n) is 4.26. The maximum Gasteiger partial charge on any atom is 0.123 e. The molecule has 4 rings (SSSR count). The van der Waals surface area contributed by atoms with E-state index in [1.165, 1.54) is 30.7 Å². The molecule has 0 aliphatic carbocycles. The topological polar surface area (TPSA) is 28.0 Å². The highest BCUT2D eigenvalue weighted by Crippen LogP contribution is 2.25. The Labute approximate surface area is 194 Å². The number of hydrogen-bond donors (Lipinski definition) is 0. The smallest absolute Gasteiger partial charge is 0.123 e. The fraction of sp³-hybridized carbons (Fsp3) is 0.286. The highest BCUT2D eigenvalue weighted by molar-refractivity contribution is 6.14. The monoisotopic (exact) mass is 445 g/mol. The molecule has 0 radical (unpaired) electrons. The summed E-state index contributed by atoms with van der Waals surface area (Å²) in [5, 5.41) is 0. The van der Waals surface area contributed by atoms with Gasteiger partial charge < -0.3 is 4.90 Å². The lowest BCUT2D eigenvalue weighted by Crippen LogP contribution is -2.43. The van der Waals surface area contributed by atoms with E-state index in [-0.39, 0.29) is 11.6 Å². The van der Waals surface area contributed by atoms with Gasteiger partial charge in [-0.25, -0.2) is 13.8 Å². The lowest BCUT2D eigenvalue weighted by atomic mass is 9.98. The van der Waals surface area contributed by atoms with Crippen LogP contribution in [0.4, 0.5) is 20.2 Å². The minimum Gasteiger partial charge on any atom is -0.357 e. The molecule has 0 amide bonds. The maximum atomic E-state index is 13.5. The van der Waals surface area contributed by atoms with Crippen molar-refractivity contribution in [3.05, 3.63) is 95.6 Å². The van der Waals surface area contributed by atoms with Crippen LogP contribution in [0.2, 0.25) is 0 Å². The number of hydrogen-bond acceptors (Lipinski definition) is 2. The van der Waals surface area contributed by atoms with Gasteiger partial charge >= 0.3 is 0 Å². The van der Waals surface area contributed by atoms with Crippen molar-refractivity contribution >= 4 is 22.9 Å². The Hall–Kier alpha value is -3.34. The van der Waals surface area contributed by atoms with Crippen LogP contribution in [0, 0.1) is 18.6 Å². The second kappa shape index (κ2) is 10.5. The summed E-state index contributed by atoms with van der Waals surface area (Å²) in [7, 11) is 0. The van der Waals surface area contributed by atoms with Gasteiger partial charge in [-0.3, -0.25) is 4.99 Å². The van der Waals surface area contributed by atoms with Crippen LogP contribution in [0.15, 0.2) is 82.8 Å². The Morgan fingerprint density at radius 2 is 1.45 bits per heavy atom. The molecule has 1 atom stereocenters. The second-order valence-corrected chi connectivity index (χ2v) is 8.57. The van der Waals surface area contributed by atoms with Crippen LogP contribution in [0.25, 0.3) is 0 Å². The van der Waals surface area contributed by atoms with Crippen LogP contribution in [-0.2, 0) is 0 Å². The van der Waals surface area contributed by atoms with E-state index in [0.717, 1.165) is 47.7 Å². The van der Waals surface area contributed by atoms with Crippen molar-refractivity contribution in [1.82, 2.24) is 4.90 Å². The number of benzene rings is 3. The van der Waals surface area contributed by atoms with Gasteiger partial charge in [-0.15, -0.1) is 0 Å². The van der Waals surface area contributed by atoms with Crippen LogP contribution >= 0.6 is 0 Å². The molecule has 1 aliphatic rings. The van der Waals surface area contributed by atoms with Gasteiger partial charge in [-0.1, -0.05) is 24.3 Å². The van der Waals surface area contributed by atoms with Gasteiger partial charge in [-0.05, 0) is 92.8 Å². The minimum atomic E-state index is -0.285. The zero-order valence-electron chi connectivity index (χ0n) is 19.1. The van der Waals surface area contributed by atoms with Crippen molar-refractivity contribution in [2.75, 3.05) is 6.54 Å². The van der Waals surface area contributed by atoms with Crippen LogP contribution in [0.5, 0.6) is 0 Å². The first-order valence-electron chi connectivity index (χ1n) is 11.5. The van der Waals surface area contributed by atoms with Crippen LogP contribution in [-0.4, -0.2) is 29.0 Å². The quantitative estimate of drug-likeness (QED) is 0.297. The molecule has 3 nitrogen and oxygen atoms in total. The Balaban J connectivity index is 1.78. The molecule has 5 heteroatoms. The number of aliphatic imine (C=N–C) groups is 2. The molecule has 0 saturated carbocycles. The third-order valence-corrected chi connectivity index (χ3v) is 6.09. The number of rotatable bonds is 5. The average molecular weight is 446 g/mol. The summed E-state index contributed by atoms with van der Waals surface area (Å²) in [4.78, 5) is 12.2. The van der Waals surface area contributed by atoms with Crippen LogP contribution in [0.1, 0.15) is 43.7 Å². The molecular weight excluding hydrogens is 416 g/mol. The molecular formula is C28H29F2N3. The second-order valence-electron chi connectivity index (χ2n) is 8.57. The number of aryl methyl sites for hydroxylation is 1. The van der Waals surface area contributed by atoms with E-state index >= 15 is 0 Å². The van der Waals surface area contributed by atoms with Gasteiger partial charge in [0.2, 0.25) is 0 Å². The van der Waals surface area contributed by atoms with Gasteiger partial charge in [-0.2, -0.15) is 0 Å². The van der Waals surface area contributed by atoms with Gasteiger partial charge in [0.05, 0.1) is 17.1 Å². The Bertz CT molecular complexity index is 1130. The highest BCUT2D eigenvalue weighted by Gasteiger charge is 2.24. The number of amidine groups is 1. The lowest BCUT2D eigenvalue weighted by molar-refractivity contribution is 0.256. The zero-order valence-corrected chi connectivity index (χ0v) is 19.1. The van der Waals surface area contributed by atoms with Gasteiger partial charge in [0.25, 0.3) is 0 Å². The average Bonchev–Trinajstić information content (AvgIpc) is 2.82. The summed E-state index contributed by atoms with van der Waals surface area (Å²) >= 11 is 0. The van der Waals surface area contributed by atoms with E-state index < -0.39 is 0 Å². The first-order chi connectivity index (χ1) is 16.0. The minimum absolute atomic E-state index is 0.277. The molecule has 0 N–H and O–H groups in total. The van der Waals surface area contributed by atoms with E-state index in [4.69, 9.17) is 9.98 Å². The largest absolute Gasteiger partial charge is 0.357 e. The number of likely N-dealkylation sites (tertiary alicyclic amines) is 1. The van der Waals surface area contributed by atoms with Crippen molar-refractivity contribution in [1.29, 1.82) is 0 Å². The van der Waals surface area contributed by atoms with Crippen LogP contribution in [0.3, 0.4) is 0 Å². The van der Waals surface area contributed by atoms with Crippen molar-refractivity contribution in [3.8, 4) is 0 Å². The van der Waals surface area contributed by atoms with Crippen molar-refractivity contribution in [3.63, 3.8) is 0 Å². The molecule has 3 aromatic rings. The Morgan fingerprint density at radius 1 is 0.848 bits per heavy atom. The molecule has 1 fully saturated rings. The molecule has 1 unspecified atom stereocenters. The third-order valence-electron chi connectivity index (χ3n) is 6.09. The van der Waals surface area contributed by atoms with E-state index in [0.29, 0.717) is 18.2 Å². The first kappa shape index (κ1) is 22.8. The summed E-state index contributed by atoms with van der Waals surface area (Å²) < 4.78 is 27.0. The number of nitrogens with zero attached hydrogens (tertiary/aromatic N) is 3. The molecule has 0 spiro atoms. The lowest BCUT2D eigenvalue weighted by Gasteiger charge is -2.36. The molecule has 170 valence electrons. The summed E-state index contributed by atoms with van der Waals surface area (Å²) in [5.74, 6) is 0.352. The molecule has 3 aromatic carbocycles. The normalized spacial score (nSPS) is 17.3. The number of piperidine rings is 1. The Kier molecular flexibility index (Phi) is 7.28. The third kappa shape index (κ3) is 5.92. The van der Waals surface area contributed by atoms with Gasteiger partial charge in [0.15, 0.2) is 0 Å². The van der Waals surface area contributed by atoms with Crippen molar-refractivity contribution < 1.29 is 8.78 Å². The van der Waals surface area contributed by atoms with Gasteiger partial charge in [0.1, 0.15) is 17.5 Å². The van der Waals surface area contributed by atoms with Gasteiger partial charge in [0, 0.05) is 19.0 Å². The fourth-order valence-corrected chi connectivity index (χ4v) is 4.26. The van der Waals surface area contributed by atoms with E-state index in [9.17, 15) is 8.78 Å². The molecule has 0 bridgehead atoms. The maximum absolute atomic E-state index is 13.5. The SMILES string of the molecule is Cc1ccccc1C(CC(=Nc1ccc(F)cc1)N1CCCCC1C)=Nc1ccc(F)cc1. The van der Waals surface area contributed by atoms with E-state index in [2.05, 4.69) is 30.9 Å². The van der Waals surface area contributed by atoms with Crippen LogP contribution < -0.4 is 0 Å².